The van der Waals surface area contributed by atoms with E-state index in [2.05, 4.69) is 15.1 Å². The Labute approximate surface area is 85.2 Å². The lowest BCUT2D eigenvalue weighted by Gasteiger charge is -2.04. The van der Waals surface area contributed by atoms with Crippen molar-refractivity contribution in [1.29, 1.82) is 0 Å². The maximum Gasteiger partial charge on any atom is 0.123 e. The van der Waals surface area contributed by atoms with Crippen LogP contribution < -0.4 is 5.90 Å². The van der Waals surface area contributed by atoms with Gasteiger partial charge in [-0.15, -0.1) is 5.10 Å². The molecule has 5 nitrogen and oxygen atoms in total. The molecule has 0 bridgehead atoms. The van der Waals surface area contributed by atoms with Gasteiger partial charge in [-0.3, -0.25) is 4.84 Å². The summed E-state index contributed by atoms with van der Waals surface area (Å²) in [5, 5.41) is 7.57. The third-order valence-corrected chi connectivity index (χ3v) is 1.92. The third kappa shape index (κ3) is 2.00. The number of nitrogens with zero attached hydrogens (tertiary/aromatic N) is 3. The van der Waals surface area contributed by atoms with Gasteiger partial charge in [-0.2, -0.15) is 0 Å². The van der Waals surface area contributed by atoms with Crippen LogP contribution in [0.25, 0.3) is 5.69 Å². The normalized spacial score (nSPS) is 10.5. The lowest BCUT2D eigenvalue weighted by Crippen LogP contribution is -2.06. The van der Waals surface area contributed by atoms with Gasteiger partial charge in [0, 0.05) is 0 Å². The number of nitrogens with two attached hydrogens (primary N) is 1. The molecule has 0 atom stereocenters. The Balaban J connectivity index is 2.36. The lowest BCUT2D eigenvalue weighted by atomic mass is 10.3. The summed E-state index contributed by atoms with van der Waals surface area (Å²) in [4.78, 5) is 4.50. The van der Waals surface area contributed by atoms with Crippen LogP contribution in [-0.2, 0) is 11.4 Å². The summed E-state index contributed by atoms with van der Waals surface area (Å²) in [5.41, 5.74) is 1.41. The van der Waals surface area contributed by atoms with E-state index < -0.39 is 0 Å². The fraction of sp³-hybridized carbons (Fsp3) is 0.111. The van der Waals surface area contributed by atoms with Crippen LogP contribution in [0.1, 0.15) is 5.69 Å². The lowest BCUT2D eigenvalue weighted by molar-refractivity contribution is 0.119. The number of hydrogen-bond donors (Lipinski definition) is 1. The molecule has 0 amide bonds. The Hall–Kier alpha value is -1.79. The predicted molar refractivity (Wildman–Crippen MR) is 50.3 cm³/mol. The number of benzene rings is 1. The van der Waals surface area contributed by atoms with E-state index >= 15 is 0 Å². The highest BCUT2D eigenvalue weighted by molar-refractivity contribution is 5.31. The van der Waals surface area contributed by atoms with Crippen molar-refractivity contribution in [3.05, 3.63) is 42.0 Å². The van der Waals surface area contributed by atoms with Crippen molar-refractivity contribution >= 4 is 0 Å². The molecule has 2 aromatic rings. The molecule has 0 fully saturated rings. The SMILES string of the molecule is NOCc1cnnn1-c1ccc(F)cc1. The molecule has 1 heterocycles. The topological polar surface area (TPSA) is 66.0 Å². The first-order valence-corrected chi connectivity index (χ1v) is 4.28. The van der Waals surface area contributed by atoms with Crippen LogP contribution in [0.15, 0.2) is 30.5 Å². The van der Waals surface area contributed by atoms with E-state index in [1.165, 1.54) is 23.0 Å². The van der Waals surface area contributed by atoms with E-state index in [0.717, 1.165) is 0 Å². The molecule has 2 N–H and O–H groups in total. The molecule has 15 heavy (non-hydrogen) atoms. The molecule has 0 aliphatic carbocycles. The molecule has 2 rings (SSSR count). The molecule has 0 spiro atoms. The number of hydrogen-bond acceptors (Lipinski definition) is 4. The van der Waals surface area contributed by atoms with Gasteiger partial charge in [-0.1, -0.05) is 5.21 Å². The zero-order chi connectivity index (χ0) is 10.7. The summed E-state index contributed by atoms with van der Waals surface area (Å²) in [6.07, 6.45) is 1.54. The second kappa shape index (κ2) is 4.16. The second-order valence-electron chi connectivity index (χ2n) is 2.92. The van der Waals surface area contributed by atoms with Gasteiger partial charge in [-0.25, -0.2) is 15.0 Å². The molecule has 0 unspecified atom stereocenters. The van der Waals surface area contributed by atoms with Gasteiger partial charge in [0.25, 0.3) is 0 Å². The average molecular weight is 208 g/mol. The summed E-state index contributed by atoms with van der Waals surface area (Å²) >= 11 is 0. The molecular weight excluding hydrogens is 199 g/mol. The van der Waals surface area contributed by atoms with Crippen molar-refractivity contribution in [3.8, 4) is 5.69 Å². The number of halogens is 1. The van der Waals surface area contributed by atoms with Gasteiger partial charge < -0.3 is 0 Å². The first kappa shape index (κ1) is 9.75. The van der Waals surface area contributed by atoms with Gasteiger partial charge in [0.2, 0.25) is 0 Å². The van der Waals surface area contributed by atoms with Gasteiger partial charge >= 0.3 is 0 Å². The molecule has 6 heteroatoms. The maximum atomic E-state index is 12.7. The van der Waals surface area contributed by atoms with Gasteiger partial charge in [0.1, 0.15) is 12.4 Å². The largest absolute Gasteiger partial charge is 0.298 e. The highest BCUT2D eigenvalue weighted by atomic mass is 19.1. The summed E-state index contributed by atoms with van der Waals surface area (Å²) < 4.78 is 14.2. The fourth-order valence-electron chi connectivity index (χ4n) is 1.24. The van der Waals surface area contributed by atoms with Crippen molar-refractivity contribution in [1.82, 2.24) is 15.0 Å². The van der Waals surface area contributed by atoms with E-state index in [0.29, 0.717) is 11.4 Å². The highest BCUT2D eigenvalue weighted by Crippen LogP contribution is 2.10. The van der Waals surface area contributed by atoms with E-state index in [1.807, 2.05) is 0 Å². The Kier molecular flexibility index (Phi) is 2.70. The van der Waals surface area contributed by atoms with Crippen LogP contribution >= 0.6 is 0 Å². The van der Waals surface area contributed by atoms with Crippen LogP contribution in [0, 0.1) is 5.82 Å². The van der Waals surface area contributed by atoms with Crippen LogP contribution in [-0.4, -0.2) is 15.0 Å². The Morgan fingerprint density at radius 2 is 2.07 bits per heavy atom. The third-order valence-electron chi connectivity index (χ3n) is 1.92. The first-order chi connectivity index (χ1) is 7.31. The summed E-state index contributed by atoms with van der Waals surface area (Å²) in [6.45, 7) is 0.199. The minimum Gasteiger partial charge on any atom is -0.298 e. The fourth-order valence-corrected chi connectivity index (χ4v) is 1.24. The number of rotatable bonds is 3. The van der Waals surface area contributed by atoms with Crippen molar-refractivity contribution in [2.75, 3.05) is 0 Å². The molecule has 0 aliphatic rings. The molecule has 1 aromatic heterocycles. The molecule has 0 radical (unpaired) electrons. The van der Waals surface area contributed by atoms with Gasteiger partial charge in [0.05, 0.1) is 17.6 Å². The minimum absolute atomic E-state index is 0.199. The Morgan fingerprint density at radius 3 is 2.73 bits per heavy atom. The zero-order valence-corrected chi connectivity index (χ0v) is 7.80. The summed E-state index contributed by atoms with van der Waals surface area (Å²) in [6, 6.07) is 5.91. The van der Waals surface area contributed by atoms with Crippen molar-refractivity contribution < 1.29 is 9.23 Å². The minimum atomic E-state index is -0.296. The smallest absolute Gasteiger partial charge is 0.123 e. The summed E-state index contributed by atoms with van der Waals surface area (Å²) in [5.74, 6) is 4.67. The molecular formula is C9H9FN4O. The zero-order valence-electron chi connectivity index (χ0n) is 7.80. The average Bonchev–Trinajstić information content (AvgIpc) is 2.68. The van der Waals surface area contributed by atoms with E-state index in [1.54, 1.807) is 12.1 Å². The van der Waals surface area contributed by atoms with Gasteiger partial charge in [-0.05, 0) is 24.3 Å². The monoisotopic (exact) mass is 208 g/mol. The predicted octanol–water partition coefficient (Wildman–Crippen LogP) is 0.797. The summed E-state index contributed by atoms with van der Waals surface area (Å²) in [7, 11) is 0. The Morgan fingerprint density at radius 1 is 1.33 bits per heavy atom. The van der Waals surface area contributed by atoms with Crippen molar-refractivity contribution in [3.63, 3.8) is 0 Å². The standard InChI is InChI=1S/C9H9FN4O/c10-7-1-3-8(4-2-7)14-9(6-15-11)5-12-13-14/h1-5H,6,11H2. The van der Waals surface area contributed by atoms with E-state index in [9.17, 15) is 4.39 Å². The first-order valence-electron chi connectivity index (χ1n) is 4.28. The quantitative estimate of drug-likeness (QED) is 0.757. The second-order valence-corrected chi connectivity index (χ2v) is 2.92. The highest BCUT2D eigenvalue weighted by Gasteiger charge is 2.05. The molecule has 78 valence electrons. The van der Waals surface area contributed by atoms with Crippen LogP contribution in [0.3, 0.4) is 0 Å². The molecule has 0 saturated heterocycles. The molecule has 0 saturated carbocycles. The maximum absolute atomic E-state index is 12.7. The molecule has 0 aliphatic heterocycles. The van der Waals surface area contributed by atoms with E-state index in [-0.39, 0.29) is 12.4 Å². The Bertz CT molecular complexity index is 440. The van der Waals surface area contributed by atoms with Gasteiger partial charge in [0.15, 0.2) is 0 Å². The van der Waals surface area contributed by atoms with E-state index in [4.69, 9.17) is 5.90 Å². The molecule has 1 aromatic carbocycles. The number of aromatic nitrogens is 3. The van der Waals surface area contributed by atoms with Crippen LogP contribution in [0.4, 0.5) is 4.39 Å². The van der Waals surface area contributed by atoms with Crippen LogP contribution in [0.5, 0.6) is 0 Å². The van der Waals surface area contributed by atoms with Crippen LogP contribution in [0.2, 0.25) is 0 Å². The van der Waals surface area contributed by atoms with Crippen molar-refractivity contribution in [2.24, 2.45) is 5.90 Å². The van der Waals surface area contributed by atoms with Crippen molar-refractivity contribution in [2.45, 2.75) is 6.61 Å².